The van der Waals surface area contributed by atoms with E-state index in [-0.39, 0.29) is 0 Å². The first-order valence-corrected chi connectivity index (χ1v) is 4.38. The van der Waals surface area contributed by atoms with Crippen LogP contribution in [0.3, 0.4) is 0 Å². The molecular formula is C10H20O. The molecule has 1 saturated heterocycles. The first-order chi connectivity index (χ1) is 5.30. The van der Waals surface area contributed by atoms with E-state index in [0.717, 1.165) is 25.0 Å². The first-order valence-electron chi connectivity index (χ1n) is 4.38. The van der Waals surface area contributed by atoms with Gasteiger partial charge in [-0.25, -0.2) is 0 Å². The zero-order chi connectivity index (χ0) is 8.69. The van der Waals surface area contributed by atoms with Crippen LogP contribution >= 0.6 is 0 Å². The highest BCUT2D eigenvalue weighted by Gasteiger charge is 2.16. The highest BCUT2D eigenvalue weighted by Crippen LogP contribution is 2.20. The van der Waals surface area contributed by atoms with Crippen LogP contribution in [0.15, 0.2) is 13.2 Å². The zero-order valence-electron chi connectivity index (χ0n) is 7.81. The van der Waals surface area contributed by atoms with Crippen LogP contribution in [0.1, 0.15) is 26.7 Å². The molecule has 0 radical (unpaired) electrons. The van der Waals surface area contributed by atoms with Gasteiger partial charge in [-0.1, -0.05) is 13.8 Å². The molecule has 11 heavy (non-hydrogen) atoms. The van der Waals surface area contributed by atoms with Gasteiger partial charge in [-0.05, 0) is 24.7 Å². The van der Waals surface area contributed by atoms with Gasteiger partial charge in [-0.15, -0.1) is 13.2 Å². The van der Waals surface area contributed by atoms with Gasteiger partial charge in [0, 0.05) is 13.2 Å². The van der Waals surface area contributed by atoms with Crippen LogP contribution < -0.4 is 0 Å². The van der Waals surface area contributed by atoms with Crippen molar-refractivity contribution in [2.24, 2.45) is 11.8 Å². The minimum atomic E-state index is 0.810. The lowest BCUT2D eigenvalue weighted by atomic mass is 9.91. The van der Waals surface area contributed by atoms with E-state index in [1.807, 2.05) is 0 Å². The van der Waals surface area contributed by atoms with E-state index < -0.39 is 0 Å². The van der Waals surface area contributed by atoms with Crippen LogP contribution in [0, 0.1) is 11.8 Å². The Morgan fingerprint density at radius 2 is 2.00 bits per heavy atom. The molecule has 0 aromatic rings. The predicted molar refractivity (Wildman–Crippen MR) is 49.6 cm³/mol. The number of ether oxygens (including phenoxy) is 1. The molecule has 1 atom stereocenters. The summed E-state index contributed by atoms with van der Waals surface area (Å²) in [5.74, 6) is 1.64. The molecule has 0 saturated carbocycles. The molecule has 0 N–H and O–H groups in total. The molecule has 66 valence electrons. The van der Waals surface area contributed by atoms with E-state index in [1.54, 1.807) is 0 Å². The van der Waals surface area contributed by atoms with Crippen LogP contribution in [0.5, 0.6) is 0 Å². The molecule has 0 aliphatic carbocycles. The van der Waals surface area contributed by atoms with Gasteiger partial charge in [0.05, 0.1) is 0 Å². The maximum Gasteiger partial charge on any atom is 0.0496 e. The molecule has 1 aliphatic heterocycles. The quantitative estimate of drug-likeness (QED) is 0.530. The van der Waals surface area contributed by atoms with E-state index in [0.29, 0.717) is 0 Å². The fraction of sp³-hybridized carbons (Fsp3) is 0.800. The molecule has 1 heteroatoms. The monoisotopic (exact) mass is 156 g/mol. The number of hydrogen-bond acceptors (Lipinski definition) is 1. The summed E-state index contributed by atoms with van der Waals surface area (Å²) < 4.78 is 5.34. The second kappa shape index (κ2) is 6.41. The summed E-state index contributed by atoms with van der Waals surface area (Å²) in [5.41, 5.74) is 0. The van der Waals surface area contributed by atoms with Crippen LogP contribution in [-0.4, -0.2) is 13.2 Å². The van der Waals surface area contributed by atoms with Crippen LogP contribution in [0.4, 0.5) is 0 Å². The molecular weight excluding hydrogens is 136 g/mol. The van der Waals surface area contributed by atoms with Crippen molar-refractivity contribution in [3.05, 3.63) is 13.2 Å². The van der Waals surface area contributed by atoms with E-state index in [1.165, 1.54) is 12.8 Å². The Morgan fingerprint density at radius 1 is 1.36 bits per heavy atom. The van der Waals surface area contributed by atoms with Crippen LogP contribution in [0.2, 0.25) is 0 Å². The maximum absolute atomic E-state index is 5.34. The van der Waals surface area contributed by atoms with Crippen molar-refractivity contribution < 1.29 is 4.74 Å². The van der Waals surface area contributed by atoms with E-state index in [4.69, 9.17) is 4.74 Å². The topological polar surface area (TPSA) is 9.23 Å². The van der Waals surface area contributed by atoms with Crippen molar-refractivity contribution in [3.63, 3.8) is 0 Å². The van der Waals surface area contributed by atoms with Gasteiger partial charge in [0.15, 0.2) is 0 Å². The fourth-order valence-corrected chi connectivity index (χ4v) is 1.29. The lowest BCUT2D eigenvalue weighted by Gasteiger charge is -2.24. The summed E-state index contributed by atoms with van der Waals surface area (Å²) in [6.45, 7) is 12.5. The van der Waals surface area contributed by atoms with Gasteiger partial charge >= 0.3 is 0 Å². The Labute approximate surface area is 70.4 Å². The molecule has 1 rings (SSSR count). The molecule has 1 fully saturated rings. The lowest BCUT2D eigenvalue weighted by molar-refractivity contribution is 0.0373. The summed E-state index contributed by atoms with van der Waals surface area (Å²) in [4.78, 5) is 0. The molecule has 1 heterocycles. The Hall–Kier alpha value is -0.300. The number of rotatable bonds is 1. The molecule has 1 nitrogen and oxygen atoms in total. The van der Waals surface area contributed by atoms with Crippen molar-refractivity contribution in [2.45, 2.75) is 26.7 Å². The van der Waals surface area contributed by atoms with Crippen molar-refractivity contribution >= 4 is 0 Å². The highest BCUT2D eigenvalue weighted by molar-refractivity contribution is 4.65. The predicted octanol–water partition coefficient (Wildman–Crippen LogP) is 2.87. The van der Waals surface area contributed by atoms with Crippen molar-refractivity contribution in [1.82, 2.24) is 0 Å². The summed E-state index contributed by atoms with van der Waals surface area (Å²) in [7, 11) is 0. The largest absolute Gasteiger partial charge is 0.381 e. The minimum Gasteiger partial charge on any atom is -0.381 e. The molecule has 0 spiro atoms. The van der Waals surface area contributed by atoms with Crippen molar-refractivity contribution in [2.75, 3.05) is 13.2 Å². The van der Waals surface area contributed by atoms with Crippen LogP contribution in [0.25, 0.3) is 0 Å². The third kappa shape index (κ3) is 4.20. The summed E-state index contributed by atoms with van der Waals surface area (Å²) in [6, 6.07) is 0. The molecule has 0 aromatic carbocycles. The molecule has 0 amide bonds. The Morgan fingerprint density at radius 3 is 2.27 bits per heavy atom. The summed E-state index contributed by atoms with van der Waals surface area (Å²) >= 11 is 0. The van der Waals surface area contributed by atoms with E-state index in [2.05, 4.69) is 27.0 Å². The van der Waals surface area contributed by atoms with Gasteiger partial charge < -0.3 is 4.74 Å². The van der Waals surface area contributed by atoms with Gasteiger partial charge in [0.25, 0.3) is 0 Å². The molecule has 0 bridgehead atoms. The number of hydrogen-bond donors (Lipinski definition) is 0. The average molecular weight is 156 g/mol. The second-order valence-electron chi connectivity index (χ2n) is 3.22. The van der Waals surface area contributed by atoms with Gasteiger partial charge in [-0.2, -0.15) is 0 Å². The molecule has 1 unspecified atom stereocenters. The Balaban J connectivity index is 0.000000461. The van der Waals surface area contributed by atoms with E-state index >= 15 is 0 Å². The SMILES string of the molecule is C=C.CC(C)C1CCCOC1. The highest BCUT2D eigenvalue weighted by atomic mass is 16.5. The molecule has 1 aliphatic rings. The third-order valence-corrected chi connectivity index (χ3v) is 2.14. The minimum absolute atomic E-state index is 0.810. The van der Waals surface area contributed by atoms with Crippen molar-refractivity contribution in [3.8, 4) is 0 Å². The second-order valence-corrected chi connectivity index (χ2v) is 3.22. The third-order valence-electron chi connectivity index (χ3n) is 2.14. The average Bonchev–Trinajstić information content (AvgIpc) is 2.10. The first kappa shape index (κ1) is 10.7. The Kier molecular flexibility index (Phi) is 6.24. The normalized spacial score (nSPS) is 24.1. The zero-order valence-corrected chi connectivity index (χ0v) is 7.81. The standard InChI is InChI=1S/C8H16O.C2H4/c1-7(2)8-4-3-5-9-6-8;1-2/h7-8H,3-6H2,1-2H3;1-2H2. The van der Waals surface area contributed by atoms with Crippen molar-refractivity contribution in [1.29, 1.82) is 0 Å². The summed E-state index contributed by atoms with van der Waals surface area (Å²) in [5, 5.41) is 0. The summed E-state index contributed by atoms with van der Waals surface area (Å²) in [6.07, 6.45) is 2.64. The smallest absolute Gasteiger partial charge is 0.0496 e. The van der Waals surface area contributed by atoms with Gasteiger partial charge in [0.2, 0.25) is 0 Å². The molecule has 0 aromatic heterocycles. The lowest BCUT2D eigenvalue weighted by Crippen LogP contribution is -2.21. The van der Waals surface area contributed by atoms with Gasteiger partial charge in [-0.3, -0.25) is 0 Å². The van der Waals surface area contributed by atoms with Gasteiger partial charge in [0.1, 0.15) is 0 Å². The Bertz CT molecular complexity index is 82.9. The fourth-order valence-electron chi connectivity index (χ4n) is 1.29. The van der Waals surface area contributed by atoms with Crippen LogP contribution in [-0.2, 0) is 4.74 Å². The maximum atomic E-state index is 5.34. The van der Waals surface area contributed by atoms with E-state index in [9.17, 15) is 0 Å².